The first-order valence-electron chi connectivity index (χ1n) is 5.50. The molecule has 6 heteroatoms. The first-order chi connectivity index (χ1) is 8.14. The van der Waals surface area contributed by atoms with Gasteiger partial charge in [0.2, 0.25) is 9.84 Å². The average Bonchev–Trinajstić information content (AvgIpc) is 2.40. The monoisotopic (exact) mass is 256 g/mol. The molecule has 1 aliphatic heterocycles. The van der Waals surface area contributed by atoms with Crippen LogP contribution in [0.3, 0.4) is 0 Å². The van der Waals surface area contributed by atoms with Crippen LogP contribution in [-0.2, 0) is 21.1 Å². The van der Waals surface area contributed by atoms with E-state index < -0.39 is 15.3 Å². The van der Waals surface area contributed by atoms with Crippen LogP contribution < -0.4 is 11.1 Å². The lowest BCUT2D eigenvalue weighted by Gasteiger charge is -2.23. The number of benzene rings is 1. The molecule has 1 fully saturated rings. The predicted octanol–water partition coefficient (Wildman–Crippen LogP) is -0.135. The van der Waals surface area contributed by atoms with Gasteiger partial charge in [0.15, 0.2) is 5.44 Å². The molecule has 0 bridgehead atoms. The highest BCUT2D eigenvalue weighted by atomic mass is 32.2. The molecule has 17 heavy (non-hydrogen) atoms. The van der Waals surface area contributed by atoms with Gasteiger partial charge in [0.1, 0.15) is 0 Å². The molecule has 1 aliphatic rings. The zero-order valence-electron chi connectivity index (χ0n) is 9.43. The Kier molecular flexibility index (Phi) is 3.78. The van der Waals surface area contributed by atoms with Gasteiger partial charge in [0, 0.05) is 19.6 Å². The summed E-state index contributed by atoms with van der Waals surface area (Å²) in [5.74, 6) is 0. The Labute approximate surface area is 101 Å². The van der Waals surface area contributed by atoms with Crippen molar-refractivity contribution in [2.75, 3.05) is 19.7 Å². The summed E-state index contributed by atoms with van der Waals surface area (Å²) in [7, 11) is -3.41. The Hall–Kier alpha value is -0.950. The summed E-state index contributed by atoms with van der Waals surface area (Å²) in [6.45, 7) is 1.85. The highest BCUT2D eigenvalue weighted by molar-refractivity contribution is 7.92. The van der Waals surface area contributed by atoms with Gasteiger partial charge in [-0.25, -0.2) is 8.42 Å². The van der Waals surface area contributed by atoms with E-state index in [0.29, 0.717) is 26.2 Å². The van der Waals surface area contributed by atoms with Crippen LogP contribution in [0.25, 0.3) is 0 Å². The van der Waals surface area contributed by atoms with Gasteiger partial charge < -0.3 is 15.8 Å². The second kappa shape index (κ2) is 5.14. The first kappa shape index (κ1) is 12.5. The molecular formula is C11H16N2O3S. The standard InChI is InChI=1S/C11H16N2O3S/c12-7-9-1-3-10(4-2-9)17(14,15)11-8-13-5-6-16-11/h1-4,11,13H,5-8,12H2. The van der Waals surface area contributed by atoms with Gasteiger partial charge in [-0.3, -0.25) is 0 Å². The van der Waals surface area contributed by atoms with Gasteiger partial charge in [0.25, 0.3) is 0 Å². The highest BCUT2D eigenvalue weighted by Gasteiger charge is 2.29. The molecule has 1 saturated heterocycles. The fourth-order valence-corrected chi connectivity index (χ4v) is 3.14. The Bertz CT molecular complexity index is 464. The van der Waals surface area contributed by atoms with Crippen molar-refractivity contribution in [2.45, 2.75) is 16.9 Å². The number of sulfone groups is 1. The van der Waals surface area contributed by atoms with E-state index in [0.717, 1.165) is 5.56 Å². The Morgan fingerprint density at radius 3 is 2.59 bits per heavy atom. The molecule has 1 heterocycles. The first-order valence-corrected chi connectivity index (χ1v) is 7.04. The number of nitrogens with one attached hydrogen (secondary N) is 1. The third-order valence-electron chi connectivity index (χ3n) is 2.73. The van der Waals surface area contributed by atoms with Crippen molar-refractivity contribution in [3.05, 3.63) is 29.8 Å². The fraction of sp³-hybridized carbons (Fsp3) is 0.455. The number of nitrogens with two attached hydrogens (primary N) is 1. The van der Waals surface area contributed by atoms with Crippen molar-refractivity contribution in [2.24, 2.45) is 5.73 Å². The van der Waals surface area contributed by atoms with Crippen LogP contribution in [0.5, 0.6) is 0 Å². The lowest BCUT2D eigenvalue weighted by atomic mass is 10.2. The SMILES string of the molecule is NCc1ccc(S(=O)(=O)C2CNCCO2)cc1. The molecule has 0 radical (unpaired) electrons. The lowest BCUT2D eigenvalue weighted by Crippen LogP contribution is -2.43. The Balaban J connectivity index is 2.23. The molecule has 0 amide bonds. The van der Waals surface area contributed by atoms with Crippen LogP contribution >= 0.6 is 0 Å². The van der Waals surface area contributed by atoms with E-state index in [1.807, 2.05) is 0 Å². The van der Waals surface area contributed by atoms with E-state index in [1.165, 1.54) is 0 Å². The molecule has 5 nitrogen and oxygen atoms in total. The van der Waals surface area contributed by atoms with Gasteiger partial charge in [-0.1, -0.05) is 12.1 Å². The van der Waals surface area contributed by atoms with Crippen molar-refractivity contribution in [3.8, 4) is 0 Å². The van der Waals surface area contributed by atoms with E-state index in [4.69, 9.17) is 10.5 Å². The van der Waals surface area contributed by atoms with Crippen LogP contribution in [0.15, 0.2) is 29.2 Å². The summed E-state index contributed by atoms with van der Waals surface area (Å²) in [6, 6.07) is 6.61. The van der Waals surface area contributed by atoms with Crippen LogP contribution in [0.2, 0.25) is 0 Å². The minimum Gasteiger partial charge on any atom is -0.359 e. The number of hydrogen-bond acceptors (Lipinski definition) is 5. The summed E-state index contributed by atoms with van der Waals surface area (Å²) in [4.78, 5) is 0.281. The van der Waals surface area contributed by atoms with E-state index in [9.17, 15) is 8.42 Å². The van der Waals surface area contributed by atoms with Crippen molar-refractivity contribution >= 4 is 9.84 Å². The van der Waals surface area contributed by atoms with Gasteiger partial charge in [0.05, 0.1) is 11.5 Å². The molecular weight excluding hydrogens is 240 g/mol. The summed E-state index contributed by atoms with van der Waals surface area (Å²) in [6.07, 6.45) is 0. The zero-order valence-corrected chi connectivity index (χ0v) is 10.2. The van der Waals surface area contributed by atoms with Gasteiger partial charge >= 0.3 is 0 Å². The van der Waals surface area contributed by atoms with Crippen molar-refractivity contribution in [3.63, 3.8) is 0 Å². The molecule has 0 aromatic heterocycles. The minimum atomic E-state index is -3.41. The smallest absolute Gasteiger partial charge is 0.206 e. The number of ether oxygens (including phenoxy) is 1. The predicted molar refractivity (Wildman–Crippen MR) is 64.1 cm³/mol. The van der Waals surface area contributed by atoms with Crippen LogP contribution in [0.4, 0.5) is 0 Å². The number of rotatable bonds is 3. The minimum absolute atomic E-state index is 0.281. The van der Waals surface area contributed by atoms with Crippen molar-refractivity contribution in [1.82, 2.24) is 5.32 Å². The molecule has 94 valence electrons. The van der Waals surface area contributed by atoms with E-state index in [2.05, 4.69) is 5.32 Å². The zero-order chi connectivity index (χ0) is 12.3. The fourth-order valence-electron chi connectivity index (χ4n) is 1.71. The molecule has 1 atom stereocenters. The number of morpholine rings is 1. The third kappa shape index (κ3) is 2.66. The van der Waals surface area contributed by atoms with E-state index >= 15 is 0 Å². The lowest BCUT2D eigenvalue weighted by molar-refractivity contribution is 0.0785. The largest absolute Gasteiger partial charge is 0.359 e. The molecule has 3 N–H and O–H groups in total. The summed E-state index contributed by atoms with van der Waals surface area (Å²) < 4.78 is 29.7. The molecule has 0 saturated carbocycles. The second-order valence-corrected chi connectivity index (χ2v) is 5.98. The maximum absolute atomic E-state index is 12.2. The van der Waals surface area contributed by atoms with Crippen LogP contribution in [0.1, 0.15) is 5.56 Å². The maximum atomic E-state index is 12.2. The average molecular weight is 256 g/mol. The van der Waals surface area contributed by atoms with Crippen molar-refractivity contribution < 1.29 is 13.2 Å². The molecule has 1 unspecified atom stereocenters. The van der Waals surface area contributed by atoms with Gasteiger partial charge in [-0.15, -0.1) is 0 Å². The molecule has 1 aromatic carbocycles. The van der Waals surface area contributed by atoms with E-state index in [1.54, 1.807) is 24.3 Å². The van der Waals surface area contributed by atoms with E-state index in [-0.39, 0.29) is 4.90 Å². The quantitative estimate of drug-likeness (QED) is 0.787. The van der Waals surface area contributed by atoms with Gasteiger partial charge in [-0.2, -0.15) is 0 Å². The molecule has 0 spiro atoms. The van der Waals surface area contributed by atoms with Crippen LogP contribution in [0, 0.1) is 0 Å². The maximum Gasteiger partial charge on any atom is 0.206 e. The summed E-state index contributed by atoms with van der Waals surface area (Å²) in [5, 5.41) is 3.01. The molecule has 2 rings (SSSR count). The second-order valence-electron chi connectivity index (χ2n) is 3.90. The summed E-state index contributed by atoms with van der Waals surface area (Å²) in [5.41, 5.74) is 5.58. The number of hydrogen-bond donors (Lipinski definition) is 2. The normalized spacial score (nSPS) is 21.4. The molecule has 1 aromatic rings. The highest BCUT2D eigenvalue weighted by Crippen LogP contribution is 2.18. The Morgan fingerprint density at radius 1 is 1.35 bits per heavy atom. The third-order valence-corrected chi connectivity index (χ3v) is 4.65. The Morgan fingerprint density at radius 2 is 2.06 bits per heavy atom. The molecule has 0 aliphatic carbocycles. The van der Waals surface area contributed by atoms with Crippen LogP contribution in [-0.4, -0.2) is 33.6 Å². The van der Waals surface area contributed by atoms with Gasteiger partial charge in [-0.05, 0) is 17.7 Å². The summed E-state index contributed by atoms with van der Waals surface area (Å²) >= 11 is 0. The van der Waals surface area contributed by atoms with Crippen molar-refractivity contribution in [1.29, 1.82) is 0 Å². The topological polar surface area (TPSA) is 81.4 Å².